The molecule has 0 amide bonds. The molecule has 20 heavy (non-hydrogen) atoms. The molecule has 3 heteroatoms. The molecule has 2 nitrogen and oxygen atoms in total. The van der Waals surface area contributed by atoms with Gasteiger partial charge in [0.1, 0.15) is 5.75 Å². The van der Waals surface area contributed by atoms with Crippen molar-refractivity contribution in [3.8, 4) is 11.5 Å². The highest BCUT2D eigenvalue weighted by molar-refractivity contribution is 5.41. The van der Waals surface area contributed by atoms with E-state index in [4.69, 9.17) is 9.47 Å². The Hall–Kier alpha value is -1.25. The highest BCUT2D eigenvalue weighted by Gasteiger charge is 2.22. The van der Waals surface area contributed by atoms with E-state index in [9.17, 15) is 4.39 Å². The summed E-state index contributed by atoms with van der Waals surface area (Å²) in [6, 6.07) is 3.59. The van der Waals surface area contributed by atoms with Gasteiger partial charge in [-0.1, -0.05) is 0 Å². The first kappa shape index (κ1) is 13.7. The van der Waals surface area contributed by atoms with Gasteiger partial charge in [0.25, 0.3) is 0 Å². The zero-order valence-corrected chi connectivity index (χ0v) is 12.2. The third-order valence-corrected chi connectivity index (χ3v) is 4.49. The fourth-order valence-electron chi connectivity index (χ4n) is 3.23. The van der Waals surface area contributed by atoms with Gasteiger partial charge in [-0.05, 0) is 70.4 Å². The van der Waals surface area contributed by atoms with E-state index in [0.29, 0.717) is 17.1 Å². The zero-order chi connectivity index (χ0) is 13.9. The second kappa shape index (κ2) is 6.02. The van der Waals surface area contributed by atoms with Gasteiger partial charge in [-0.25, -0.2) is 4.39 Å². The second-order valence-corrected chi connectivity index (χ2v) is 6.05. The number of halogens is 1. The Labute approximate surface area is 120 Å². The van der Waals surface area contributed by atoms with E-state index in [-0.39, 0.29) is 18.0 Å². The van der Waals surface area contributed by atoms with Gasteiger partial charge < -0.3 is 9.47 Å². The maximum atomic E-state index is 14.4. The monoisotopic (exact) mass is 278 g/mol. The van der Waals surface area contributed by atoms with E-state index < -0.39 is 0 Å². The molecular formula is C17H23FO2. The van der Waals surface area contributed by atoms with Gasteiger partial charge in [0.2, 0.25) is 0 Å². The van der Waals surface area contributed by atoms with E-state index in [1.165, 1.54) is 25.7 Å². The molecule has 2 aliphatic carbocycles. The summed E-state index contributed by atoms with van der Waals surface area (Å²) in [6.07, 6.45) is 9.51. The average molecular weight is 278 g/mol. The standard InChI is InChI=1S/C17H23FO2/c1-12-15(19-13-6-2-3-7-13)10-11-16(17(12)18)20-14-8-4-5-9-14/h10-11,13-14H,2-9H2,1H3. The lowest BCUT2D eigenvalue weighted by molar-refractivity contribution is 0.193. The molecule has 2 fully saturated rings. The summed E-state index contributed by atoms with van der Waals surface area (Å²) in [4.78, 5) is 0. The molecule has 0 N–H and O–H groups in total. The van der Waals surface area contributed by atoms with Crippen molar-refractivity contribution in [2.45, 2.75) is 70.5 Å². The quantitative estimate of drug-likeness (QED) is 0.789. The Morgan fingerprint density at radius 2 is 1.30 bits per heavy atom. The molecule has 0 aliphatic heterocycles. The van der Waals surface area contributed by atoms with Crippen LogP contribution in [0.4, 0.5) is 4.39 Å². The van der Waals surface area contributed by atoms with Crippen molar-refractivity contribution < 1.29 is 13.9 Å². The van der Waals surface area contributed by atoms with Crippen molar-refractivity contribution in [1.29, 1.82) is 0 Å². The predicted molar refractivity (Wildman–Crippen MR) is 76.9 cm³/mol. The number of hydrogen-bond acceptors (Lipinski definition) is 2. The summed E-state index contributed by atoms with van der Waals surface area (Å²) in [6.45, 7) is 1.78. The predicted octanol–water partition coefficient (Wildman–Crippen LogP) is 4.78. The minimum absolute atomic E-state index is 0.186. The maximum Gasteiger partial charge on any atom is 0.171 e. The van der Waals surface area contributed by atoms with Crippen molar-refractivity contribution in [2.75, 3.05) is 0 Å². The van der Waals surface area contributed by atoms with Gasteiger partial charge in [0, 0.05) is 5.56 Å². The number of hydrogen-bond donors (Lipinski definition) is 0. The lowest BCUT2D eigenvalue weighted by Crippen LogP contribution is -2.14. The van der Waals surface area contributed by atoms with Crippen LogP contribution < -0.4 is 9.47 Å². The van der Waals surface area contributed by atoms with Crippen molar-refractivity contribution in [3.63, 3.8) is 0 Å². The van der Waals surface area contributed by atoms with E-state index in [0.717, 1.165) is 25.7 Å². The van der Waals surface area contributed by atoms with E-state index in [2.05, 4.69) is 0 Å². The first-order valence-electron chi connectivity index (χ1n) is 7.86. The van der Waals surface area contributed by atoms with Crippen molar-refractivity contribution >= 4 is 0 Å². The number of ether oxygens (including phenoxy) is 2. The Kier molecular flexibility index (Phi) is 4.13. The SMILES string of the molecule is Cc1c(OC2CCCC2)ccc(OC2CCCC2)c1F. The lowest BCUT2D eigenvalue weighted by Gasteiger charge is -2.18. The fraction of sp³-hybridized carbons (Fsp3) is 0.647. The minimum atomic E-state index is -0.257. The first-order valence-corrected chi connectivity index (χ1v) is 7.86. The summed E-state index contributed by atoms with van der Waals surface area (Å²) in [7, 11) is 0. The van der Waals surface area contributed by atoms with Gasteiger partial charge in [0.05, 0.1) is 12.2 Å². The minimum Gasteiger partial charge on any atom is -0.490 e. The molecule has 0 radical (unpaired) electrons. The van der Waals surface area contributed by atoms with Crippen LogP contribution >= 0.6 is 0 Å². The number of rotatable bonds is 4. The molecule has 0 aromatic heterocycles. The van der Waals surface area contributed by atoms with Crippen LogP contribution in [-0.4, -0.2) is 12.2 Å². The van der Waals surface area contributed by atoms with Crippen LogP contribution in [0.25, 0.3) is 0 Å². The normalized spacial score (nSPS) is 20.5. The van der Waals surface area contributed by atoms with Crippen LogP contribution in [0.3, 0.4) is 0 Å². The first-order chi connectivity index (χ1) is 9.74. The average Bonchev–Trinajstić information content (AvgIpc) is 3.12. The Balaban J connectivity index is 1.71. The molecule has 110 valence electrons. The van der Waals surface area contributed by atoms with Crippen LogP contribution in [0.2, 0.25) is 0 Å². The summed E-state index contributed by atoms with van der Waals surface area (Å²) in [5.74, 6) is 0.800. The van der Waals surface area contributed by atoms with Gasteiger partial charge in [-0.15, -0.1) is 0 Å². The summed E-state index contributed by atoms with van der Waals surface area (Å²) in [5, 5.41) is 0. The Morgan fingerprint density at radius 3 is 1.85 bits per heavy atom. The van der Waals surface area contributed by atoms with Crippen LogP contribution in [-0.2, 0) is 0 Å². The molecule has 0 unspecified atom stereocenters. The van der Waals surface area contributed by atoms with Gasteiger partial charge >= 0.3 is 0 Å². The van der Waals surface area contributed by atoms with Crippen LogP contribution in [0.5, 0.6) is 11.5 Å². The zero-order valence-electron chi connectivity index (χ0n) is 12.2. The highest BCUT2D eigenvalue weighted by atomic mass is 19.1. The van der Waals surface area contributed by atoms with Crippen molar-refractivity contribution in [1.82, 2.24) is 0 Å². The molecule has 0 atom stereocenters. The molecule has 0 heterocycles. The molecule has 0 bridgehead atoms. The van der Waals surface area contributed by atoms with Crippen molar-refractivity contribution in [2.24, 2.45) is 0 Å². The van der Waals surface area contributed by atoms with E-state index in [1.54, 1.807) is 13.0 Å². The third-order valence-electron chi connectivity index (χ3n) is 4.49. The molecule has 0 spiro atoms. The Bertz CT molecular complexity index is 417. The summed E-state index contributed by atoms with van der Waals surface area (Å²) < 4.78 is 26.1. The topological polar surface area (TPSA) is 18.5 Å². The molecular weight excluding hydrogens is 255 g/mol. The van der Waals surface area contributed by atoms with E-state index >= 15 is 0 Å². The molecule has 1 aromatic carbocycles. The molecule has 0 saturated heterocycles. The summed E-state index contributed by atoms with van der Waals surface area (Å²) in [5.41, 5.74) is 0.576. The van der Waals surface area contributed by atoms with Crippen LogP contribution in [0.1, 0.15) is 56.9 Å². The van der Waals surface area contributed by atoms with Gasteiger partial charge in [-0.3, -0.25) is 0 Å². The van der Waals surface area contributed by atoms with Gasteiger partial charge in [-0.2, -0.15) is 0 Å². The smallest absolute Gasteiger partial charge is 0.171 e. The fourth-order valence-corrected chi connectivity index (χ4v) is 3.23. The second-order valence-electron chi connectivity index (χ2n) is 6.05. The van der Waals surface area contributed by atoms with Crippen LogP contribution in [0, 0.1) is 12.7 Å². The van der Waals surface area contributed by atoms with Crippen molar-refractivity contribution in [3.05, 3.63) is 23.5 Å². The third kappa shape index (κ3) is 2.92. The van der Waals surface area contributed by atoms with Crippen LogP contribution in [0.15, 0.2) is 12.1 Å². The summed E-state index contributed by atoms with van der Waals surface area (Å²) >= 11 is 0. The Morgan fingerprint density at radius 1 is 0.850 bits per heavy atom. The maximum absolute atomic E-state index is 14.4. The number of benzene rings is 1. The molecule has 2 saturated carbocycles. The molecule has 3 rings (SSSR count). The lowest BCUT2D eigenvalue weighted by atomic mass is 10.2. The highest BCUT2D eigenvalue weighted by Crippen LogP contribution is 2.33. The van der Waals surface area contributed by atoms with E-state index in [1.807, 2.05) is 6.07 Å². The molecule has 1 aromatic rings. The molecule has 2 aliphatic rings. The largest absolute Gasteiger partial charge is 0.490 e. The van der Waals surface area contributed by atoms with Gasteiger partial charge in [0.15, 0.2) is 11.6 Å².